The summed E-state index contributed by atoms with van der Waals surface area (Å²) in [5.74, 6) is 0.928. The molecule has 0 spiro atoms. The lowest BCUT2D eigenvalue weighted by molar-refractivity contribution is 0.101. The Hall–Kier alpha value is -2.13. The quantitative estimate of drug-likeness (QED) is 0.706. The van der Waals surface area contributed by atoms with Gasteiger partial charge in [-0.15, -0.1) is 0 Å². The molecule has 0 saturated heterocycles. The second-order valence-corrected chi connectivity index (χ2v) is 5.81. The monoisotopic (exact) mass is 311 g/mol. The molecule has 122 valence electrons. The molecule has 0 aromatic heterocycles. The molecular weight excluding hydrogens is 286 g/mol. The van der Waals surface area contributed by atoms with Gasteiger partial charge in [-0.1, -0.05) is 30.3 Å². The first-order chi connectivity index (χ1) is 11.0. The highest BCUT2D eigenvalue weighted by Crippen LogP contribution is 2.26. The number of Topliss-reactive ketones (excluding diaryl/α,β-unsaturated/α-hetero) is 1. The Bertz CT molecular complexity index is 652. The van der Waals surface area contributed by atoms with Crippen molar-refractivity contribution in [3.05, 3.63) is 65.2 Å². The summed E-state index contributed by atoms with van der Waals surface area (Å²) in [7, 11) is 2.09. The molecule has 0 bridgehead atoms. The summed E-state index contributed by atoms with van der Waals surface area (Å²) in [4.78, 5) is 13.9. The van der Waals surface area contributed by atoms with Crippen LogP contribution in [0.3, 0.4) is 0 Å². The normalized spacial score (nSPS) is 12.2. The van der Waals surface area contributed by atoms with Crippen molar-refractivity contribution in [3.8, 4) is 5.75 Å². The predicted octanol–water partition coefficient (Wildman–Crippen LogP) is 4.48. The first kappa shape index (κ1) is 17.2. The predicted molar refractivity (Wildman–Crippen MR) is 93.9 cm³/mol. The van der Waals surface area contributed by atoms with Crippen molar-refractivity contribution in [1.29, 1.82) is 0 Å². The third kappa shape index (κ3) is 4.42. The van der Waals surface area contributed by atoms with Crippen LogP contribution >= 0.6 is 0 Å². The van der Waals surface area contributed by atoms with E-state index in [1.54, 1.807) is 6.92 Å². The molecule has 2 aromatic rings. The molecule has 0 N–H and O–H groups in total. The first-order valence-electron chi connectivity index (χ1n) is 8.04. The maximum Gasteiger partial charge on any atom is 0.159 e. The highest BCUT2D eigenvalue weighted by molar-refractivity contribution is 5.94. The van der Waals surface area contributed by atoms with Gasteiger partial charge in [-0.05, 0) is 51.6 Å². The summed E-state index contributed by atoms with van der Waals surface area (Å²) in [5.41, 5.74) is 3.05. The van der Waals surface area contributed by atoms with Gasteiger partial charge in [-0.2, -0.15) is 0 Å². The van der Waals surface area contributed by atoms with Gasteiger partial charge in [-0.25, -0.2) is 0 Å². The standard InChI is InChI=1S/C20H25NO2/c1-5-23-20-12-11-18(16(3)22)13-19(20)14-21(4)15(2)17-9-7-6-8-10-17/h6-13,15H,5,14H2,1-4H3. The molecule has 2 aromatic carbocycles. The largest absolute Gasteiger partial charge is 0.494 e. The summed E-state index contributed by atoms with van der Waals surface area (Å²) in [6.45, 7) is 7.09. The molecule has 0 radical (unpaired) electrons. The Kier molecular flexibility index (Phi) is 5.94. The zero-order valence-corrected chi connectivity index (χ0v) is 14.4. The lowest BCUT2D eigenvalue weighted by atomic mass is 10.0. The van der Waals surface area contributed by atoms with Crippen LogP contribution in [0, 0.1) is 0 Å². The minimum atomic E-state index is 0.0769. The molecule has 0 heterocycles. The smallest absolute Gasteiger partial charge is 0.159 e. The maximum atomic E-state index is 11.7. The maximum absolute atomic E-state index is 11.7. The van der Waals surface area contributed by atoms with Crippen LogP contribution in [0.5, 0.6) is 5.75 Å². The number of nitrogens with zero attached hydrogens (tertiary/aromatic N) is 1. The number of rotatable bonds is 7. The van der Waals surface area contributed by atoms with E-state index in [0.717, 1.165) is 23.4 Å². The van der Waals surface area contributed by atoms with E-state index in [2.05, 4.69) is 43.1 Å². The van der Waals surface area contributed by atoms with E-state index in [0.29, 0.717) is 6.61 Å². The highest BCUT2D eigenvalue weighted by Gasteiger charge is 2.15. The Morgan fingerprint density at radius 3 is 2.48 bits per heavy atom. The molecular formula is C20H25NO2. The zero-order chi connectivity index (χ0) is 16.8. The number of carbonyl (C=O) groups is 1. The number of hydrogen-bond donors (Lipinski definition) is 0. The minimum absolute atomic E-state index is 0.0769. The van der Waals surface area contributed by atoms with E-state index in [1.165, 1.54) is 5.56 Å². The van der Waals surface area contributed by atoms with E-state index >= 15 is 0 Å². The average Bonchev–Trinajstić information content (AvgIpc) is 2.56. The van der Waals surface area contributed by atoms with Crippen LogP contribution < -0.4 is 4.74 Å². The molecule has 23 heavy (non-hydrogen) atoms. The summed E-state index contributed by atoms with van der Waals surface area (Å²) in [6, 6.07) is 16.4. The second-order valence-electron chi connectivity index (χ2n) is 5.81. The van der Waals surface area contributed by atoms with Gasteiger partial charge < -0.3 is 4.74 Å². The molecule has 0 fully saturated rings. The van der Waals surface area contributed by atoms with Crippen LogP contribution in [0.25, 0.3) is 0 Å². The fourth-order valence-corrected chi connectivity index (χ4v) is 2.61. The van der Waals surface area contributed by atoms with Crippen LogP contribution in [-0.4, -0.2) is 24.3 Å². The summed E-state index contributed by atoms with van der Waals surface area (Å²) < 4.78 is 5.72. The fraction of sp³-hybridized carbons (Fsp3) is 0.350. The first-order valence-corrected chi connectivity index (χ1v) is 8.04. The molecule has 0 aliphatic carbocycles. The molecule has 0 aliphatic heterocycles. The van der Waals surface area contributed by atoms with Gasteiger partial charge in [0.25, 0.3) is 0 Å². The minimum Gasteiger partial charge on any atom is -0.494 e. The fourth-order valence-electron chi connectivity index (χ4n) is 2.61. The van der Waals surface area contributed by atoms with Crippen molar-refractivity contribution in [1.82, 2.24) is 4.90 Å². The molecule has 2 rings (SSSR count). The van der Waals surface area contributed by atoms with Gasteiger partial charge in [0.05, 0.1) is 6.61 Å². The third-order valence-electron chi connectivity index (χ3n) is 4.13. The van der Waals surface area contributed by atoms with Gasteiger partial charge in [0.2, 0.25) is 0 Å². The summed E-state index contributed by atoms with van der Waals surface area (Å²) in [5, 5.41) is 0. The van der Waals surface area contributed by atoms with Gasteiger partial charge in [-0.3, -0.25) is 9.69 Å². The topological polar surface area (TPSA) is 29.5 Å². The number of ketones is 1. The van der Waals surface area contributed by atoms with Gasteiger partial charge in [0.1, 0.15) is 5.75 Å². The second kappa shape index (κ2) is 7.93. The van der Waals surface area contributed by atoms with Crippen molar-refractivity contribution >= 4 is 5.78 Å². The number of benzene rings is 2. The van der Waals surface area contributed by atoms with Crippen molar-refractivity contribution < 1.29 is 9.53 Å². The van der Waals surface area contributed by atoms with E-state index in [-0.39, 0.29) is 11.8 Å². The molecule has 0 aliphatic rings. The van der Waals surface area contributed by atoms with Crippen molar-refractivity contribution in [2.24, 2.45) is 0 Å². The Morgan fingerprint density at radius 1 is 1.17 bits per heavy atom. The van der Waals surface area contributed by atoms with Crippen molar-refractivity contribution in [2.75, 3.05) is 13.7 Å². The zero-order valence-electron chi connectivity index (χ0n) is 14.4. The van der Waals surface area contributed by atoms with Crippen LogP contribution in [0.15, 0.2) is 48.5 Å². The Labute approximate surface area is 138 Å². The molecule has 3 heteroatoms. The third-order valence-corrected chi connectivity index (χ3v) is 4.13. The van der Waals surface area contributed by atoms with Crippen LogP contribution in [-0.2, 0) is 6.54 Å². The van der Waals surface area contributed by atoms with Crippen LogP contribution in [0.1, 0.15) is 48.3 Å². The lowest BCUT2D eigenvalue weighted by Gasteiger charge is -2.26. The highest BCUT2D eigenvalue weighted by atomic mass is 16.5. The van der Waals surface area contributed by atoms with E-state index in [1.807, 2.05) is 31.2 Å². The van der Waals surface area contributed by atoms with Gasteiger partial charge in [0.15, 0.2) is 5.78 Å². The molecule has 0 amide bonds. The summed E-state index contributed by atoms with van der Waals surface area (Å²) >= 11 is 0. The van der Waals surface area contributed by atoms with E-state index < -0.39 is 0 Å². The van der Waals surface area contributed by atoms with E-state index in [9.17, 15) is 4.79 Å². The number of carbonyl (C=O) groups excluding carboxylic acids is 1. The van der Waals surface area contributed by atoms with Crippen molar-refractivity contribution in [3.63, 3.8) is 0 Å². The summed E-state index contributed by atoms with van der Waals surface area (Å²) in [6.07, 6.45) is 0. The lowest BCUT2D eigenvalue weighted by Crippen LogP contribution is -2.22. The average molecular weight is 311 g/mol. The SMILES string of the molecule is CCOc1ccc(C(C)=O)cc1CN(C)C(C)c1ccccc1. The van der Waals surface area contributed by atoms with Crippen molar-refractivity contribution in [2.45, 2.75) is 33.4 Å². The molecule has 1 unspecified atom stereocenters. The molecule has 3 nitrogen and oxygen atoms in total. The Balaban J connectivity index is 2.23. The number of hydrogen-bond acceptors (Lipinski definition) is 3. The Morgan fingerprint density at radius 2 is 1.87 bits per heavy atom. The van der Waals surface area contributed by atoms with E-state index in [4.69, 9.17) is 4.74 Å². The van der Waals surface area contributed by atoms with Crippen LogP contribution in [0.4, 0.5) is 0 Å². The van der Waals surface area contributed by atoms with Gasteiger partial charge in [0, 0.05) is 23.7 Å². The van der Waals surface area contributed by atoms with Crippen LogP contribution in [0.2, 0.25) is 0 Å². The number of ether oxygens (including phenoxy) is 1. The molecule has 1 atom stereocenters. The van der Waals surface area contributed by atoms with Gasteiger partial charge >= 0.3 is 0 Å². The molecule has 0 saturated carbocycles.